The Morgan fingerprint density at radius 2 is 2.18 bits per heavy atom. The molecule has 0 bridgehead atoms. The molecule has 0 aliphatic carbocycles. The van der Waals surface area contributed by atoms with Crippen LogP contribution in [-0.4, -0.2) is 17.5 Å². The van der Waals surface area contributed by atoms with E-state index in [9.17, 15) is 0 Å². The van der Waals surface area contributed by atoms with E-state index in [1.165, 1.54) is 5.56 Å². The summed E-state index contributed by atoms with van der Waals surface area (Å²) in [5.41, 5.74) is 0.948. The molecule has 17 heavy (non-hydrogen) atoms. The lowest BCUT2D eigenvalue weighted by molar-refractivity contribution is 0.131. The van der Waals surface area contributed by atoms with E-state index in [2.05, 4.69) is 51.8 Å². The van der Waals surface area contributed by atoms with Crippen molar-refractivity contribution in [1.82, 2.24) is 0 Å². The van der Waals surface area contributed by atoms with Gasteiger partial charge in [-0.15, -0.1) is 0 Å². The lowest BCUT2D eigenvalue weighted by atomic mass is 10.0. The molecule has 0 aromatic heterocycles. The molecule has 0 fully saturated rings. The third-order valence-corrected chi connectivity index (χ3v) is 4.95. The topological polar surface area (TPSA) is 18.5 Å². The third kappa shape index (κ3) is 2.63. The van der Waals surface area contributed by atoms with Crippen LogP contribution in [0.15, 0.2) is 18.2 Å². The molecule has 0 saturated carbocycles. The monoisotopic (exact) mass is 362 g/mol. The highest BCUT2D eigenvalue weighted by Gasteiger charge is 2.40. The van der Waals surface area contributed by atoms with Crippen LogP contribution in [-0.2, 0) is 0 Å². The van der Waals surface area contributed by atoms with E-state index in [4.69, 9.17) is 9.47 Å². The first-order chi connectivity index (χ1) is 8.06. The van der Waals surface area contributed by atoms with Crippen molar-refractivity contribution >= 4 is 31.9 Å². The number of alkyl halides is 2. The molecule has 1 aliphatic rings. The van der Waals surface area contributed by atoms with Gasteiger partial charge in [-0.2, -0.15) is 0 Å². The highest BCUT2D eigenvalue weighted by molar-refractivity contribution is 9.09. The molecule has 1 unspecified atom stereocenters. The maximum atomic E-state index is 5.98. The minimum absolute atomic E-state index is 0.213. The van der Waals surface area contributed by atoms with E-state index >= 15 is 0 Å². The first-order valence-electron chi connectivity index (χ1n) is 5.71. The maximum Gasteiger partial charge on any atom is 0.166 e. The van der Waals surface area contributed by atoms with Gasteiger partial charge in [0.05, 0.1) is 11.4 Å². The average molecular weight is 364 g/mol. The molecule has 0 saturated heterocycles. The predicted octanol–water partition coefficient (Wildman–Crippen LogP) is 4.46. The maximum absolute atomic E-state index is 5.98. The van der Waals surface area contributed by atoms with Crippen LogP contribution in [0.5, 0.6) is 11.5 Å². The van der Waals surface area contributed by atoms with Crippen molar-refractivity contribution in [1.29, 1.82) is 0 Å². The van der Waals surface area contributed by atoms with Crippen LogP contribution in [0, 0.1) is 0 Å². The van der Waals surface area contributed by atoms with E-state index in [1.54, 1.807) is 0 Å². The van der Waals surface area contributed by atoms with Crippen molar-refractivity contribution < 1.29 is 9.47 Å². The number of benzene rings is 1. The van der Waals surface area contributed by atoms with Gasteiger partial charge in [0.15, 0.2) is 11.5 Å². The molecule has 94 valence electrons. The van der Waals surface area contributed by atoms with Crippen LogP contribution < -0.4 is 9.47 Å². The Bertz CT molecular complexity index is 404. The molecule has 4 heteroatoms. The number of hydrogen-bond acceptors (Lipinski definition) is 2. The summed E-state index contributed by atoms with van der Waals surface area (Å²) in [5, 5.41) is 0.954. The summed E-state index contributed by atoms with van der Waals surface area (Å²) in [6.07, 6.45) is 0.991. The second-order valence-corrected chi connectivity index (χ2v) is 6.34. The Balaban J connectivity index is 2.22. The summed E-state index contributed by atoms with van der Waals surface area (Å²) in [5.74, 6) is 1.73. The second kappa shape index (κ2) is 5.19. The standard InChI is InChI=1S/C13H16Br2O2/c1-13(2)12(15)9-5-3-6-10(11(9)17-13)16-8-4-7-14/h3,5-6,12H,4,7-8H2,1-2H3. The van der Waals surface area contributed by atoms with Crippen molar-refractivity contribution in [2.24, 2.45) is 0 Å². The van der Waals surface area contributed by atoms with Crippen molar-refractivity contribution in [3.05, 3.63) is 23.8 Å². The van der Waals surface area contributed by atoms with E-state index in [-0.39, 0.29) is 10.4 Å². The Morgan fingerprint density at radius 1 is 1.41 bits per heavy atom. The van der Waals surface area contributed by atoms with E-state index in [0.29, 0.717) is 6.61 Å². The van der Waals surface area contributed by atoms with Gasteiger partial charge in [0.25, 0.3) is 0 Å². The van der Waals surface area contributed by atoms with Gasteiger partial charge < -0.3 is 9.47 Å². The lowest BCUT2D eigenvalue weighted by Crippen LogP contribution is -2.26. The summed E-state index contributed by atoms with van der Waals surface area (Å²) in [6, 6.07) is 6.07. The molecule has 0 spiro atoms. The fourth-order valence-corrected chi connectivity index (χ4v) is 2.56. The summed E-state index contributed by atoms with van der Waals surface area (Å²) < 4.78 is 11.7. The SMILES string of the molecule is CC1(C)Oc2c(OCCCBr)cccc2C1Br. The number of para-hydroxylation sites is 1. The van der Waals surface area contributed by atoms with Crippen LogP contribution in [0.25, 0.3) is 0 Å². The van der Waals surface area contributed by atoms with Crippen LogP contribution in [0.3, 0.4) is 0 Å². The molecular weight excluding hydrogens is 348 g/mol. The highest BCUT2D eigenvalue weighted by Crippen LogP contribution is 2.51. The zero-order valence-corrected chi connectivity index (χ0v) is 13.2. The Hall–Kier alpha value is -0.220. The molecule has 1 aromatic carbocycles. The van der Waals surface area contributed by atoms with E-state index < -0.39 is 0 Å². The van der Waals surface area contributed by atoms with E-state index in [0.717, 1.165) is 23.2 Å². The first kappa shape index (κ1) is 13.2. The quantitative estimate of drug-likeness (QED) is 0.580. The first-order valence-corrected chi connectivity index (χ1v) is 7.75. The van der Waals surface area contributed by atoms with Gasteiger partial charge in [-0.05, 0) is 26.3 Å². The number of ether oxygens (including phenoxy) is 2. The molecule has 0 amide bonds. The molecule has 2 rings (SSSR count). The van der Waals surface area contributed by atoms with Gasteiger partial charge >= 0.3 is 0 Å². The minimum atomic E-state index is -0.225. The van der Waals surface area contributed by atoms with Crippen molar-refractivity contribution in [2.75, 3.05) is 11.9 Å². The number of rotatable bonds is 4. The van der Waals surface area contributed by atoms with Gasteiger partial charge in [0.2, 0.25) is 0 Å². The van der Waals surface area contributed by atoms with Crippen molar-refractivity contribution in [3.8, 4) is 11.5 Å². The molecule has 1 aromatic rings. The van der Waals surface area contributed by atoms with Crippen LogP contribution in [0.4, 0.5) is 0 Å². The average Bonchev–Trinajstić information content (AvgIpc) is 2.52. The highest BCUT2D eigenvalue weighted by atomic mass is 79.9. The summed E-state index contributed by atoms with van der Waals surface area (Å²) in [6.45, 7) is 4.86. The number of hydrogen-bond donors (Lipinski definition) is 0. The van der Waals surface area contributed by atoms with Crippen LogP contribution in [0.2, 0.25) is 0 Å². The normalized spacial score (nSPS) is 20.8. The van der Waals surface area contributed by atoms with E-state index in [1.807, 2.05) is 12.1 Å². The summed E-state index contributed by atoms with van der Waals surface area (Å²) in [4.78, 5) is 0.213. The largest absolute Gasteiger partial charge is 0.490 e. The molecule has 1 heterocycles. The van der Waals surface area contributed by atoms with Crippen LogP contribution in [0.1, 0.15) is 30.7 Å². The van der Waals surface area contributed by atoms with Crippen molar-refractivity contribution in [3.63, 3.8) is 0 Å². The number of halogens is 2. The van der Waals surface area contributed by atoms with Gasteiger partial charge in [-0.1, -0.05) is 44.0 Å². The van der Waals surface area contributed by atoms with Crippen LogP contribution >= 0.6 is 31.9 Å². The Labute approximate surface area is 119 Å². The van der Waals surface area contributed by atoms with Gasteiger partial charge in [-0.3, -0.25) is 0 Å². The van der Waals surface area contributed by atoms with Gasteiger partial charge in [0.1, 0.15) is 5.60 Å². The zero-order valence-electron chi connectivity index (χ0n) is 10.0. The molecule has 0 N–H and O–H groups in total. The zero-order chi connectivity index (χ0) is 12.5. The third-order valence-electron chi connectivity index (χ3n) is 2.79. The molecule has 1 aliphatic heterocycles. The number of fused-ring (bicyclic) bond motifs is 1. The fourth-order valence-electron chi connectivity index (χ4n) is 1.88. The molecule has 2 nitrogen and oxygen atoms in total. The lowest BCUT2D eigenvalue weighted by Gasteiger charge is -2.21. The van der Waals surface area contributed by atoms with Gasteiger partial charge in [0, 0.05) is 10.9 Å². The Morgan fingerprint density at radius 3 is 2.88 bits per heavy atom. The Kier molecular flexibility index (Phi) is 4.03. The second-order valence-electron chi connectivity index (χ2n) is 4.63. The fraction of sp³-hybridized carbons (Fsp3) is 0.538. The van der Waals surface area contributed by atoms with Crippen molar-refractivity contribution in [2.45, 2.75) is 30.7 Å². The predicted molar refractivity (Wildman–Crippen MR) is 76.7 cm³/mol. The smallest absolute Gasteiger partial charge is 0.166 e. The molecule has 0 radical (unpaired) electrons. The van der Waals surface area contributed by atoms with Gasteiger partial charge in [-0.25, -0.2) is 0 Å². The summed E-state index contributed by atoms with van der Waals surface area (Å²) >= 11 is 7.08. The summed E-state index contributed by atoms with van der Waals surface area (Å²) in [7, 11) is 0. The molecule has 1 atom stereocenters. The minimum Gasteiger partial charge on any atom is -0.490 e. The molecular formula is C13H16Br2O2.